The molecule has 2 N–H and O–H groups in total. The van der Waals surface area contributed by atoms with E-state index in [1.165, 1.54) is 38.5 Å². The normalized spacial score (nSPS) is 14.9. The second-order valence-corrected chi connectivity index (χ2v) is 6.59. The van der Waals surface area contributed by atoms with Crippen LogP contribution in [0.5, 0.6) is 0 Å². The number of fused-ring (bicyclic) bond motifs is 3. The molecule has 4 aromatic rings. The molecule has 7 nitrogen and oxygen atoms in total. The van der Waals surface area contributed by atoms with Gasteiger partial charge in [-0.15, -0.1) is 0 Å². The molecule has 4 aromatic heterocycles. The van der Waals surface area contributed by atoms with Crippen molar-refractivity contribution in [3.05, 3.63) is 31.1 Å². The number of pyridine rings is 1. The fourth-order valence-electron chi connectivity index (χ4n) is 3.44. The van der Waals surface area contributed by atoms with E-state index in [1.807, 2.05) is 12.3 Å². The Balaban J connectivity index is 0.000000181. The smallest absolute Gasteiger partial charge is 0.181 e. The highest BCUT2D eigenvalue weighted by Crippen LogP contribution is 2.25. The molecule has 0 radical (unpaired) electrons. The minimum Gasteiger partial charge on any atom is -0.451 e. The van der Waals surface area contributed by atoms with Gasteiger partial charge in [0.2, 0.25) is 0 Å². The topological polar surface area (TPSA) is 107 Å². The van der Waals surface area contributed by atoms with Crippen LogP contribution >= 0.6 is 0 Å². The van der Waals surface area contributed by atoms with Crippen molar-refractivity contribution in [1.29, 1.82) is 5.26 Å². The Kier molecular flexibility index (Phi) is 4.65. The number of hydrogen-bond donors (Lipinski definition) is 2. The lowest BCUT2D eigenvalue weighted by molar-refractivity contribution is 0.364. The zero-order valence-corrected chi connectivity index (χ0v) is 14.4. The van der Waals surface area contributed by atoms with Gasteiger partial charge in [0.15, 0.2) is 12.2 Å². The van der Waals surface area contributed by atoms with Gasteiger partial charge in [-0.3, -0.25) is 0 Å². The average Bonchev–Trinajstić information content (AvgIpc) is 3.41. The lowest BCUT2D eigenvalue weighted by Crippen LogP contribution is -2.04. The molecule has 26 heavy (non-hydrogen) atoms. The Morgan fingerprint density at radius 1 is 1.27 bits per heavy atom. The van der Waals surface area contributed by atoms with Crippen LogP contribution in [0, 0.1) is 17.2 Å². The summed E-state index contributed by atoms with van der Waals surface area (Å²) in [5.74, 6) is 1.42. The molecule has 0 bridgehead atoms. The Morgan fingerprint density at radius 2 is 2.15 bits per heavy atom. The van der Waals surface area contributed by atoms with E-state index in [1.54, 1.807) is 12.5 Å². The molecule has 134 valence electrons. The molecule has 7 heteroatoms. The minimum atomic E-state index is 0. The number of nitriles is 1. The number of oxazole rings is 1. The second-order valence-electron chi connectivity index (χ2n) is 6.59. The fraction of sp³-hybridized carbons (Fsp3) is 0.368. The van der Waals surface area contributed by atoms with E-state index in [0.717, 1.165) is 34.4 Å². The molecule has 1 aliphatic carbocycles. The van der Waals surface area contributed by atoms with Gasteiger partial charge in [-0.2, -0.15) is 5.26 Å². The first-order chi connectivity index (χ1) is 12.8. The Morgan fingerprint density at radius 3 is 2.92 bits per heavy atom. The third-order valence-electron chi connectivity index (χ3n) is 4.81. The molecular formula is C19H22N6O. The molecule has 0 aromatic carbocycles. The van der Waals surface area contributed by atoms with E-state index in [4.69, 9.17) is 9.68 Å². The summed E-state index contributed by atoms with van der Waals surface area (Å²) < 4.78 is 4.94. The van der Waals surface area contributed by atoms with Crippen LogP contribution in [0.1, 0.15) is 40.0 Å². The quantitative estimate of drug-likeness (QED) is 0.539. The SMILES string of the molecule is N#CCC1CCCCC1.[HH].c1cc2c(ncc3[nH]c(-c4cocn4)nc32)[nH]1. The molecule has 1 saturated carbocycles. The molecule has 0 atom stereocenters. The van der Waals surface area contributed by atoms with Gasteiger partial charge in [0.05, 0.1) is 17.8 Å². The average molecular weight is 350 g/mol. The molecule has 0 amide bonds. The first-order valence-corrected chi connectivity index (χ1v) is 8.92. The molecule has 0 saturated heterocycles. The number of aromatic nitrogens is 5. The van der Waals surface area contributed by atoms with Gasteiger partial charge in [0.1, 0.15) is 23.1 Å². The van der Waals surface area contributed by atoms with E-state index in [-0.39, 0.29) is 1.43 Å². The predicted octanol–water partition coefficient (Wildman–Crippen LogP) is 4.82. The Hall–Kier alpha value is -3.14. The van der Waals surface area contributed by atoms with Crippen LogP contribution < -0.4 is 0 Å². The zero-order valence-electron chi connectivity index (χ0n) is 14.4. The number of imidazole rings is 1. The highest BCUT2D eigenvalue weighted by molar-refractivity contribution is 6.01. The number of H-pyrrole nitrogens is 2. The summed E-state index contributed by atoms with van der Waals surface area (Å²) in [6.07, 6.45) is 14.0. The Labute approximate surface area is 152 Å². The number of nitrogens with zero attached hydrogens (tertiary/aromatic N) is 4. The highest BCUT2D eigenvalue weighted by atomic mass is 16.3. The lowest BCUT2D eigenvalue weighted by atomic mass is 9.87. The number of rotatable bonds is 2. The first kappa shape index (κ1) is 16.3. The molecule has 0 unspecified atom stereocenters. The first-order valence-electron chi connectivity index (χ1n) is 8.92. The standard InChI is InChI=1S/C11H7N5O.C8H13N.H2/c1-2-12-10-6(1)9-7(3-13-10)15-11(16-9)8-4-17-5-14-8;9-7-6-8-4-2-1-3-5-8;/h1-5H,(H,12,13)(H,15,16);8H,1-6H2;1H. The molecule has 0 spiro atoms. The molecule has 1 aliphatic rings. The van der Waals surface area contributed by atoms with Gasteiger partial charge in [0, 0.05) is 19.4 Å². The third-order valence-corrected chi connectivity index (χ3v) is 4.81. The highest BCUT2D eigenvalue weighted by Gasteiger charge is 2.12. The summed E-state index contributed by atoms with van der Waals surface area (Å²) in [6.45, 7) is 0. The summed E-state index contributed by atoms with van der Waals surface area (Å²) in [4.78, 5) is 19.1. The van der Waals surface area contributed by atoms with Crippen molar-refractivity contribution >= 4 is 22.1 Å². The van der Waals surface area contributed by atoms with Crippen LogP contribution in [0.3, 0.4) is 0 Å². The van der Waals surface area contributed by atoms with Gasteiger partial charge in [-0.25, -0.2) is 15.0 Å². The second kappa shape index (κ2) is 7.40. The van der Waals surface area contributed by atoms with Gasteiger partial charge in [0.25, 0.3) is 0 Å². The van der Waals surface area contributed by atoms with Crippen LogP contribution in [0.4, 0.5) is 0 Å². The van der Waals surface area contributed by atoms with Gasteiger partial charge in [-0.05, 0) is 24.8 Å². The van der Waals surface area contributed by atoms with Gasteiger partial charge >= 0.3 is 0 Å². The molecular weight excluding hydrogens is 328 g/mol. The summed E-state index contributed by atoms with van der Waals surface area (Å²) >= 11 is 0. The number of nitrogens with one attached hydrogen (secondary N) is 2. The summed E-state index contributed by atoms with van der Waals surface area (Å²) in [5.41, 5.74) is 3.28. The van der Waals surface area contributed by atoms with Gasteiger partial charge in [-0.1, -0.05) is 19.3 Å². The largest absolute Gasteiger partial charge is 0.451 e. The summed E-state index contributed by atoms with van der Waals surface area (Å²) in [6, 6.07) is 4.19. The van der Waals surface area contributed by atoms with Crippen LogP contribution in [-0.4, -0.2) is 24.9 Å². The molecule has 5 rings (SSSR count). The number of aromatic amines is 2. The Bertz CT molecular complexity index is 1020. The third kappa shape index (κ3) is 3.31. The maximum absolute atomic E-state index is 8.37. The molecule has 0 aliphatic heterocycles. The van der Waals surface area contributed by atoms with Crippen LogP contribution in [-0.2, 0) is 0 Å². The maximum Gasteiger partial charge on any atom is 0.181 e. The van der Waals surface area contributed by atoms with Crippen LogP contribution in [0.15, 0.2) is 35.5 Å². The van der Waals surface area contributed by atoms with Crippen molar-refractivity contribution in [3.63, 3.8) is 0 Å². The molecule has 1 fully saturated rings. The van der Waals surface area contributed by atoms with E-state index < -0.39 is 0 Å². The number of hydrogen-bond acceptors (Lipinski definition) is 5. The van der Waals surface area contributed by atoms with E-state index >= 15 is 0 Å². The van der Waals surface area contributed by atoms with Crippen LogP contribution in [0.2, 0.25) is 0 Å². The van der Waals surface area contributed by atoms with Crippen LogP contribution in [0.25, 0.3) is 33.6 Å². The lowest BCUT2D eigenvalue weighted by Gasteiger charge is -2.17. The van der Waals surface area contributed by atoms with Crippen molar-refractivity contribution in [2.45, 2.75) is 38.5 Å². The van der Waals surface area contributed by atoms with E-state index in [0.29, 0.717) is 11.5 Å². The fourth-order valence-corrected chi connectivity index (χ4v) is 3.44. The monoisotopic (exact) mass is 350 g/mol. The van der Waals surface area contributed by atoms with Crippen molar-refractivity contribution in [2.24, 2.45) is 5.92 Å². The minimum absolute atomic E-state index is 0. The van der Waals surface area contributed by atoms with Crippen molar-refractivity contribution < 1.29 is 5.84 Å². The van der Waals surface area contributed by atoms with Crippen molar-refractivity contribution in [3.8, 4) is 17.6 Å². The zero-order chi connectivity index (χ0) is 17.8. The summed E-state index contributed by atoms with van der Waals surface area (Å²) in [5, 5.41) is 9.36. The van der Waals surface area contributed by atoms with Crippen molar-refractivity contribution in [1.82, 2.24) is 24.9 Å². The van der Waals surface area contributed by atoms with E-state index in [2.05, 4.69) is 31.0 Å². The maximum atomic E-state index is 8.37. The van der Waals surface area contributed by atoms with E-state index in [9.17, 15) is 0 Å². The van der Waals surface area contributed by atoms with Gasteiger partial charge < -0.3 is 14.4 Å². The summed E-state index contributed by atoms with van der Waals surface area (Å²) in [7, 11) is 0. The molecule has 4 heterocycles. The predicted molar refractivity (Wildman–Crippen MR) is 100 cm³/mol. The van der Waals surface area contributed by atoms with Crippen molar-refractivity contribution in [2.75, 3.05) is 0 Å².